The third kappa shape index (κ3) is 36.2. The number of carbonyl (C=O) groups is 1. The molecule has 386 valence electrons. The van der Waals surface area contributed by atoms with Gasteiger partial charge in [0.2, 0.25) is 5.91 Å². The average molecular weight is 932 g/mol. The van der Waals surface area contributed by atoms with Crippen LogP contribution in [0, 0.1) is 0 Å². The minimum atomic E-state index is -1.57. The number of amides is 1. The lowest BCUT2D eigenvalue weighted by Gasteiger charge is -2.40. The second-order valence-electron chi connectivity index (χ2n) is 19.4. The summed E-state index contributed by atoms with van der Waals surface area (Å²) < 4.78 is 11.2. The van der Waals surface area contributed by atoms with Gasteiger partial charge in [0, 0.05) is 6.42 Å². The third-order valence-corrected chi connectivity index (χ3v) is 13.1. The van der Waals surface area contributed by atoms with Crippen LogP contribution >= 0.6 is 0 Å². The molecule has 9 heteroatoms. The first-order valence-electron chi connectivity index (χ1n) is 27.9. The molecule has 0 aromatic heterocycles. The summed E-state index contributed by atoms with van der Waals surface area (Å²) in [5.41, 5.74) is 0. The van der Waals surface area contributed by atoms with Gasteiger partial charge in [0.15, 0.2) is 6.29 Å². The molecule has 0 aromatic rings. The summed E-state index contributed by atoms with van der Waals surface area (Å²) in [6.07, 6.45) is 54.5. The lowest BCUT2D eigenvalue weighted by molar-refractivity contribution is -0.302. The quantitative estimate of drug-likeness (QED) is 0.0261. The van der Waals surface area contributed by atoms with Gasteiger partial charge in [-0.15, -0.1) is 0 Å². The van der Waals surface area contributed by atoms with Gasteiger partial charge < -0.3 is 40.3 Å². The molecule has 0 saturated carbocycles. The lowest BCUT2D eigenvalue weighted by Crippen LogP contribution is -2.60. The van der Waals surface area contributed by atoms with Gasteiger partial charge in [0.25, 0.3) is 0 Å². The van der Waals surface area contributed by atoms with Crippen molar-refractivity contribution in [3.63, 3.8) is 0 Å². The van der Waals surface area contributed by atoms with Crippen molar-refractivity contribution in [2.24, 2.45) is 0 Å². The Labute approximate surface area is 405 Å². The highest BCUT2D eigenvalue weighted by Gasteiger charge is 2.44. The van der Waals surface area contributed by atoms with Gasteiger partial charge in [-0.1, -0.05) is 229 Å². The van der Waals surface area contributed by atoms with Crippen LogP contribution in [-0.4, -0.2) is 87.5 Å². The van der Waals surface area contributed by atoms with E-state index in [0.717, 1.165) is 57.8 Å². The second kappa shape index (κ2) is 46.9. The highest BCUT2D eigenvalue weighted by atomic mass is 16.7. The number of allylic oxidation sites excluding steroid dienone is 7. The number of ether oxygens (including phenoxy) is 2. The zero-order valence-corrected chi connectivity index (χ0v) is 42.7. The topological polar surface area (TPSA) is 149 Å². The Morgan fingerprint density at radius 3 is 1.36 bits per heavy atom. The summed E-state index contributed by atoms with van der Waals surface area (Å²) in [6.45, 7) is 3.78. The smallest absolute Gasteiger partial charge is 0.220 e. The molecule has 7 unspecified atom stereocenters. The molecule has 0 aliphatic carbocycles. The molecule has 1 amide bonds. The predicted octanol–water partition coefficient (Wildman–Crippen LogP) is 13.3. The van der Waals surface area contributed by atoms with Gasteiger partial charge in [-0.05, 0) is 64.2 Å². The number of unbranched alkanes of at least 4 members (excludes halogenated alkanes) is 31. The van der Waals surface area contributed by atoms with Crippen LogP contribution in [0.15, 0.2) is 48.6 Å². The van der Waals surface area contributed by atoms with E-state index in [2.05, 4.69) is 55.6 Å². The normalized spacial score (nSPS) is 20.1. The first-order chi connectivity index (χ1) is 32.3. The molecule has 1 rings (SSSR count). The van der Waals surface area contributed by atoms with Crippen molar-refractivity contribution in [2.45, 2.75) is 294 Å². The molecule has 6 N–H and O–H groups in total. The molecule has 9 nitrogen and oxygen atoms in total. The molecule has 0 aromatic carbocycles. The standard InChI is InChI=1S/C57H105NO8/c1-3-5-7-9-11-13-15-17-19-21-23-25-26-27-29-31-33-35-37-39-41-43-45-47-53(61)58-50(49-65-57-56(64)55(63)54(62)52(48-59)66-57)51(60)46-44-42-40-38-36-34-32-30-28-24-22-20-18-16-14-12-10-8-6-4-2/h23,25,27,29,36,38,44,46,50-52,54-57,59-60,62-64H,3-22,24,26,28,30-35,37,39-43,45,47-49H2,1-2H3,(H,58,61)/b25-23-,29-27-,38-36+,46-44+. The maximum Gasteiger partial charge on any atom is 0.220 e. The van der Waals surface area contributed by atoms with Crippen molar-refractivity contribution in [2.75, 3.05) is 13.2 Å². The van der Waals surface area contributed by atoms with Crippen molar-refractivity contribution >= 4 is 5.91 Å². The fraction of sp³-hybridized carbons (Fsp3) is 0.842. The highest BCUT2D eigenvalue weighted by Crippen LogP contribution is 2.23. The van der Waals surface area contributed by atoms with E-state index in [9.17, 15) is 30.3 Å². The van der Waals surface area contributed by atoms with Crippen LogP contribution in [0.3, 0.4) is 0 Å². The molecule has 7 atom stereocenters. The van der Waals surface area contributed by atoms with E-state index in [1.54, 1.807) is 6.08 Å². The molecule has 0 bridgehead atoms. The molecule has 1 aliphatic rings. The predicted molar refractivity (Wildman–Crippen MR) is 276 cm³/mol. The van der Waals surface area contributed by atoms with E-state index in [4.69, 9.17) is 9.47 Å². The zero-order chi connectivity index (χ0) is 48.0. The van der Waals surface area contributed by atoms with Crippen LogP contribution < -0.4 is 5.32 Å². The Morgan fingerprint density at radius 1 is 0.515 bits per heavy atom. The maximum absolute atomic E-state index is 13.0. The molecule has 1 fully saturated rings. The van der Waals surface area contributed by atoms with E-state index in [0.29, 0.717) is 6.42 Å². The maximum atomic E-state index is 13.0. The lowest BCUT2D eigenvalue weighted by atomic mass is 9.99. The summed E-state index contributed by atoms with van der Waals surface area (Å²) >= 11 is 0. The molecule has 0 radical (unpaired) electrons. The van der Waals surface area contributed by atoms with Gasteiger partial charge in [0.1, 0.15) is 24.4 Å². The van der Waals surface area contributed by atoms with E-state index < -0.39 is 49.5 Å². The summed E-state index contributed by atoms with van der Waals surface area (Å²) in [5.74, 6) is -0.193. The molecule has 66 heavy (non-hydrogen) atoms. The number of rotatable bonds is 47. The number of aliphatic hydroxyl groups excluding tert-OH is 5. The van der Waals surface area contributed by atoms with Crippen LogP contribution in [0.25, 0.3) is 0 Å². The Balaban J connectivity index is 2.29. The van der Waals surface area contributed by atoms with Crippen LogP contribution in [-0.2, 0) is 14.3 Å². The Hall–Kier alpha value is -1.85. The number of carbonyl (C=O) groups excluding carboxylic acids is 1. The third-order valence-electron chi connectivity index (χ3n) is 13.1. The fourth-order valence-corrected chi connectivity index (χ4v) is 8.67. The van der Waals surface area contributed by atoms with Crippen molar-refractivity contribution in [1.29, 1.82) is 0 Å². The molecular weight excluding hydrogens is 827 g/mol. The fourth-order valence-electron chi connectivity index (χ4n) is 8.67. The van der Waals surface area contributed by atoms with E-state index in [1.807, 2.05) is 6.08 Å². The molecule has 1 heterocycles. The van der Waals surface area contributed by atoms with Crippen LogP contribution in [0.4, 0.5) is 0 Å². The highest BCUT2D eigenvalue weighted by molar-refractivity contribution is 5.76. The number of hydrogen-bond donors (Lipinski definition) is 6. The van der Waals surface area contributed by atoms with Crippen molar-refractivity contribution in [3.8, 4) is 0 Å². The SMILES string of the molecule is CCCCCCCCCCC/C=C\C/C=C\CCCCCCCCCC(=O)NC(COC1OC(CO)C(O)C(O)C1O)C(O)/C=C/CC/C=C/CCCCCCCCCCCCCCCC. The molecule has 1 aliphatic heterocycles. The van der Waals surface area contributed by atoms with Crippen molar-refractivity contribution in [3.05, 3.63) is 48.6 Å². The Morgan fingerprint density at radius 2 is 0.909 bits per heavy atom. The summed E-state index contributed by atoms with van der Waals surface area (Å²) in [5, 5.41) is 54.4. The minimum absolute atomic E-state index is 0.193. The number of nitrogens with one attached hydrogen (secondary N) is 1. The number of hydrogen-bond acceptors (Lipinski definition) is 8. The van der Waals surface area contributed by atoms with Gasteiger partial charge in [-0.3, -0.25) is 4.79 Å². The van der Waals surface area contributed by atoms with Crippen LogP contribution in [0.5, 0.6) is 0 Å². The van der Waals surface area contributed by atoms with Gasteiger partial charge in [0.05, 0.1) is 25.4 Å². The monoisotopic (exact) mass is 932 g/mol. The first kappa shape index (κ1) is 62.2. The average Bonchev–Trinajstić information content (AvgIpc) is 3.32. The summed E-state index contributed by atoms with van der Waals surface area (Å²) in [7, 11) is 0. The summed E-state index contributed by atoms with van der Waals surface area (Å²) in [4.78, 5) is 13.0. The summed E-state index contributed by atoms with van der Waals surface area (Å²) in [6, 6.07) is -0.827. The second-order valence-corrected chi connectivity index (χ2v) is 19.4. The van der Waals surface area contributed by atoms with Crippen molar-refractivity contribution in [1.82, 2.24) is 5.32 Å². The van der Waals surface area contributed by atoms with Crippen LogP contribution in [0.1, 0.15) is 251 Å². The Kier molecular flexibility index (Phi) is 44.1. The van der Waals surface area contributed by atoms with Crippen molar-refractivity contribution < 1.29 is 39.8 Å². The van der Waals surface area contributed by atoms with E-state index in [-0.39, 0.29) is 12.5 Å². The van der Waals surface area contributed by atoms with E-state index >= 15 is 0 Å². The Bertz CT molecular complexity index is 1170. The zero-order valence-electron chi connectivity index (χ0n) is 42.7. The van der Waals surface area contributed by atoms with Crippen LogP contribution in [0.2, 0.25) is 0 Å². The molecule has 1 saturated heterocycles. The van der Waals surface area contributed by atoms with Gasteiger partial charge in [-0.25, -0.2) is 0 Å². The minimum Gasteiger partial charge on any atom is -0.394 e. The largest absolute Gasteiger partial charge is 0.394 e. The van der Waals surface area contributed by atoms with Gasteiger partial charge >= 0.3 is 0 Å². The first-order valence-corrected chi connectivity index (χ1v) is 27.9. The van der Waals surface area contributed by atoms with E-state index in [1.165, 1.54) is 173 Å². The molecule has 0 spiro atoms. The van der Waals surface area contributed by atoms with Gasteiger partial charge in [-0.2, -0.15) is 0 Å². The molecular formula is C57H105NO8. The number of aliphatic hydroxyl groups is 5.